The summed E-state index contributed by atoms with van der Waals surface area (Å²) in [6, 6.07) is 8.16. The number of ether oxygens (including phenoxy) is 3. The van der Waals surface area contributed by atoms with Crippen molar-refractivity contribution in [3.8, 4) is 17.2 Å². The van der Waals surface area contributed by atoms with Gasteiger partial charge < -0.3 is 19.5 Å². The van der Waals surface area contributed by atoms with E-state index in [1.54, 1.807) is 26.4 Å². The molecule has 7 nitrogen and oxygen atoms in total. The number of hydrogen-bond donors (Lipinski definition) is 1. The van der Waals surface area contributed by atoms with Gasteiger partial charge in [0, 0.05) is 17.8 Å². The molecule has 0 aliphatic carbocycles. The Bertz CT molecular complexity index is 846. The molecule has 2 aromatic rings. The van der Waals surface area contributed by atoms with Gasteiger partial charge in [-0.05, 0) is 41.9 Å². The van der Waals surface area contributed by atoms with Gasteiger partial charge in [-0.1, -0.05) is 6.07 Å². The topological polar surface area (TPSA) is 86.2 Å². The Morgan fingerprint density at radius 1 is 1.04 bits per heavy atom. The van der Waals surface area contributed by atoms with E-state index in [0.29, 0.717) is 28.5 Å². The number of nitroso groups, excluding NO2 is 1. The van der Waals surface area contributed by atoms with Crippen molar-refractivity contribution in [2.24, 2.45) is 5.18 Å². The number of aryl methyl sites for hydroxylation is 1. The fourth-order valence-electron chi connectivity index (χ4n) is 2.42. The van der Waals surface area contributed by atoms with Crippen LogP contribution in [0.25, 0.3) is 0 Å². The van der Waals surface area contributed by atoms with Crippen molar-refractivity contribution in [2.45, 2.75) is 6.92 Å². The lowest BCUT2D eigenvalue weighted by Gasteiger charge is -2.14. The number of allylic oxidation sites excluding steroid dienone is 1. The Kier molecular flexibility index (Phi) is 6.32. The van der Waals surface area contributed by atoms with E-state index in [0.717, 1.165) is 5.56 Å². The van der Waals surface area contributed by atoms with Crippen molar-refractivity contribution < 1.29 is 19.0 Å². The number of rotatable bonds is 8. The predicted octanol–water partition coefficient (Wildman–Crippen LogP) is 4.23. The summed E-state index contributed by atoms with van der Waals surface area (Å²) >= 11 is 0. The highest BCUT2D eigenvalue weighted by atomic mass is 16.5. The first-order valence-electron chi connectivity index (χ1n) is 7.76. The van der Waals surface area contributed by atoms with Gasteiger partial charge in [0.2, 0.25) is 0 Å². The van der Waals surface area contributed by atoms with Crippen molar-refractivity contribution in [3.05, 3.63) is 58.6 Å². The lowest BCUT2D eigenvalue weighted by molar-refractivity contribution is 0.104. The number of benzene rings is 2. The third-order valence-corrected chi connectivity index (χ3v) is 3.78. The molecule has 0 aliphatic heterocycles. The molecule has 1 N–H and O–H groups in total. The van der Waals surface area contributed by atoms with E-state index in [4.69, 9.17) is 14.2 Å². The molecule has 0 atom stereocenters. The maximum Gasteiger partial charge on any atom is 0.187 e. The molecule has 0 aliphatic rings. The number of ketones is 1. The van der Waals surface area contributed by atoms with Crippen LogP contribution in [-0.2, 0) is 0 Å². The summed E-state index contributed by atoms with van der Waals surface area (Å²) in [5.41, 5.74) is 2.02. The van der Waals surface area contributed by atoms with Crippen LogP contribution < -0.4 is 19.5 Å². The zero-order valence-corrected chi connectivity index (χ0v) is 15.0. The second-order valence-electron chi connectivity index (χ2n) is 5.31. The Morgan fingerprint density at radius 2 is 1.73 bits per heavy atom. The van der Waals surface area contributed by atoms with E-state index in [1.165, 1.54) is 31.5 Å². The zero-order valence-electron chi connectivity index (χ0n) is 15.0. The summed E-state index contributed by atoms with van der Waals surface area (Å²) in [4.78, 5) is 23.1. The standard InChI is InChI=1S/C19H20N2O5/c1-12-5-7-17(25-3)19(26-4)18(12)20-10-9-15(22)13-6-8-16(24-2)14(11-13)21-23/h5-11,20H,1-4H3/b10-9-. The Balaban J connectivity index is 2.21. The minimum atomic E-state index is -0.287. The molecule has 2 aromatic carbocycles. The number of hydrogen-bond acceptors (Lipinski definition) is 7. The number of nitrogens with zero attached hydrogens (tertiary/aromatic N) is 1. The molecule has 0 fully saturated rings. The van der Waals surface area contributed by atoms with E-state index >= 15 is 0 Å². The number of carbonyl (C=O) groups excluding carboxylic acids is 1. The van der Waals surface area contributed by atoms with Gasteiger partial charge in [0.25, 0.3) is 0 Å². The van der Waals surface area contributed by atoms with E-state index in [-0.39, 0.29) is 11.5 Å². The number of anilines is 1. The van der Waals surface area contributed by atoms with E-state index in [9.17, 15) is 9.70 Å². The molecule has 0 heterocycles. The SMILES string of the molecule is COc1ccc(C(=O)/C=C\Nc2c(C)ccc(OC)c2OC)cc1N=O. The van der Waals surface area contributed by atoms with Crippen molar-refractivity contribution in [3.63, 3.8) is 0 Å². The van der Waals surface area contributed by atoms with Crippen molar-refractivity contribution in [1.29, 1.82) is 0 Å². The molecule has 0 unspecified atom stereocenters. The Hall–Kier alpha value is -3.35. The normalized spacial score (nSPS) is 10.5. The molecule has 0 bridgehead atoms. The van der Waals surface area contributed by atoms with Gasteiger partial charge in [0.05, 0.1) is 27.0 Å². The molecule has 0 aromatic heterocycles. The van der Waals surface area contributed by atoms with Crippen LogP contribution in [0, 0.1) is 11.8 Å². The van der Waals surface area contributed by atoms with Crippen LogP contribution in [0.2, 0.25) is 0 Å². The van der Waals surface area contributed by atoms with Crippen LogP contribution in [0.5, 0.6) is 17.2 Å². The molecule has 0 saturated carbocycles. The maximum atomic E-state index is 12.3. The zero-order chi connectivity index (χ0) is 19.1. The fourth-order valence-corrected chi connectivity index (χ4v) is 2.42. The predicted molar refractivity (Wildman–Crippen MR) is 99.8 cm³/mol. The highest BCUT2D eigenvalue weighted by Gasteiger charge is 2.12. The van der Waals surface area contributed by atoms with Crippen LogP contribution in [-0.4, -0.2) is 27.1 Å². The Morgan fingerprint density at radius 3 is 2.35 bits per heavy atom. The molecule has 136 valence electrons. The third kappa shape index (κ3) is 4.00. The smallest absolute Gasteiger partial charge is 0.187 e. The number of nitrogens with one attached hydrogen (secondary N) is 1. The summed E-state index contributed by atoms with van der Waals surface area (Å²) in [7, 11) is 4.53. The van der Waals surface area contributed by atoms with Crippen LogP contribution in [0.1, 0.15) is 15.9 Å². The molecule has 0 saturated heterocycles. The molecule has 26 heavy (non-hydrogen) atoms. The summed E-state index contributed by atoms with van der Waals surface area (Å²) < 4.78 is 15.7. The molecular weight excluding hydrogens is 336 g/mol. The van der Waals surface area contributed by atoms with E-state index in [2.05, 4.69) is 10.5 Å². The average molecular weight is 356 g/mol. The largest absolute Gasteiger partial charge is 0.494 e. The van der Waals surface area contributed by atoms with Gasteiger partial charge >= 0.3 is 0 Å². The quantitative estimate of drug-likeness (QED) is 0.433. The lowest BCUT2D eigenvalue weighted by atomic mass is 10.1. The highest BCUT2D eigenvalue weighted by molar-refractivity contribution is 6.05. The van der Waals surface area contributed by atoms with Gasteiger partial charge in [0.15, 0.2) is 23.0 Å². The average Bonchev–Trinajstić information content (AvgIpc) is 2.68. The molecule has 0 spiro atoms. The minimum absolute atomic E-state index is 0.0741. The van der Waals surface area contributed by atoms with Crippen LogP contribution in [0.4, 0.5) is 11.4 Å². The first-order valence-corrected chi connectivity index (χ1v) is 7.76. The fraction of sp³-hybridized carbons (Fsp3) is 0.211. The minimum Gasteiger partial charge on any atom is -0.494 e. The first kappa shape index (κ1) is 19.0. The Labute approximate surface area is 151 Å². The van der Waals surface area contributed by atoms with Crippen LogP contribution in [0.3, 0.4) is 0 Å². The van der Waals surface area contributed by atoms with Gasteiger partial charge in [-0.25, -0.2) is 0 Å². The second kappa shape index (κ2) is 8.66. The van der Waals surface area contributed by atoms with Gasteiger partial charge in [-0.3, -0.25) is 4.79 Å². The van der Waals surface area contributed by atoms with Crippen LogP contribution in [0.15, 0.2) is 47.8 Å². The van der Waals surface area contributed by atoms with Crippen molar-refractivity contribution in [2.75, 3.05) is 26.6 Å². The lowest BCUT2D eigenvalue weighted by Crippen LogP contribution is -2.00. The van der Waals surface area contributed by atoms with E-state index in [1.807, 2.05) is 13.0 Å². The molecule has 2 rings (SSSR count). The molecular formula is C19H20N2O5. The molecule has 0 amide bonds. The van der Waals surface area contributed by atoms with Crippen LogP contribution >= 0.6 is 0 Å². The van der Waals surface area contributed by atoms with Crippen molar-refractivity contribution in [1.82, 2.24) is 0 Å². The summed E-state index contributed by atoms with van der Waals surface area (Å²) in [6.07, 6.45) is 2.86. The van der Waals surface area contributed by atoms with Gasteiger partial charge in [-0.2, -0.15) is 0 Å². The summed E-state index contributed by atoms with van der Waals surface area (Å²) in [5, 5.41) is 5.91. The third-order valence-electron chi connectivity index (χ3n) is 3.78. The highest BCUT2D eigenvalue weighted by Crippen LogP contribution is 2.37. The number of carbonyl (C=O) groups is 1. The molecule has 7 heteroatoms. The summed E-state index contributed by atoms with van der Waals surface area (Å²) in [6.45, 7) is 1.91. The number of methoxy groups -OCH3 is 3. The monoisotopic (exact) mass is 356 g/mol. The van der Waals surface area contributed by atoms with Gasteiger partial charge in [0.1, 0.15) is 5.75 Å². The summed E-state index contributed by atoms with van der Waals surface area (Å²) in [5.74, 6) is 1.15. The van der Waals surface area contributed by atoms with E-state index < -0.39 is 0 Å². The maximum absolute atomic E-state index is 12.3. The van der Waals surface area contributed by atoms with Crippen molar-refractivity contribution >= 4 is 17.2 Å². The first-order chi connectivity index (χ1) is 12.5. The molecule has 0 radical (unpaired) electrons. The van der Waals surface area contributed by atoms with Gasteiger partial charge in [-0.15, -0.1) is 4.91 Å². The second-order valence-corrected chi connectivity index (χ2v) is 5.31.